The van der Waals surface area contributed by atoms with Gasteiger partial charge in [0.15, 0.2) is 0 Å². The summed E-state index contributed by atoms with van der Waals surface area (Å²) < 4.78 is 5.77. The standard InChI is InChI=1S/C41H60N2O8/c1-24(2)30-21-32(45)31(38-37(49)36(48)35(47)33(23-44)51-38)20-28(30)19-27-11-10-26(18-25(27)3)12-15-40(4,5)34(46)22-41(6,7)39(50)43-16-13-29(14-17-43)42(8)9/h10-12,15,18,20-21,24,29,33,35-38,44-45,47-49H,13-14,16-17,19,22-23H2,1-9H3/b15-12+/t33-,35+,36+,37+,38+/m1/s1. The summed E-state index contributed by atoms with van der Waals surface area (Å²) in [6.07, 6.45) is -0.373. The zero-order valence-corrected chi connectivity index (χ0v) is 31.9. The Morgan fingerprint density at radius 3 is 2.20 bits per heavy atom. The fraction of sp³-hybridized carbons (Fsp3) is 0.610. The van der Waals surface area contributed by atoms with Crippen LogP contribution < -0.4 is 0 Å². The van der Waals surface area contributed by atoms with Gasteiger partial charge in [-0.2, -0.15) is 0 Å². The van der Waals surface area contributed by atoms with E-state index in [9.17, 15) is 35.1 Å². The van der Waals surface area contributed by atoms with Crippen LogP contribution in [-0.4, -0.2) is 111 Å². The van der Waals surface area contributed by atoms with Crippen molar-refractivity contribution in [3.8, 4) is 5.75 Å². The molecule has 2 aromatic rings. The second kappa shape index (κ2) is 16.3. The van der Waals surface area contributed by atoms with Crippen molar-refractivity contribution in [3.63, 3.8) is 0 Å². The fourth-order valence-electron chi connectivity index (χ4n) is 7.29. The lowest BCUT2D eigenvalue weighted by Crippen LogP contribution is -2.55. The number of rotatable bonds is 12. The first-order valence-corrected chi connectivity index (χ1v) is 18.2. The smallest absolute Gasteiger partial charge is 0.228 e. The lowest BCUT2D eigenvalue weighted by Gasteiger charge is -2.40. The Hall–Kier alpha value is -3.12. The fourth-order valence-corrected chi connectivity index (χ4v) is 7.29. The quantitative estimate of drug-likeness (QED) is 0.215. The van der Waals surface area contributed by atoms with E-state index in [2.05, 4.69) is 25.1 Å². The number of ether oxygens (including phenoxy) is 1. The highest BCUT2D eigenvalue weighted by Gasteiger charge is 2.45. The number of piperidine rings is 1. The minimum absolute atomic E-state index is 0.0115. The van der Waals surface area contributed by atoms with Crippen LogP contribution >= 0.6 is 0 Å². The lowest BCUT2D eigenvalue weighted by atomic mass is 9.76. The molecule has 0 aliphatic carbocycles. The Morgan fingerprint density at radius 2 is 1.63 bits per heavy atom. The molecule has 0 radical (unpaired) electrons. The highest BCUT2D eigenvalue weighted by Crippen LogP contribution is 2.40. The Balaban J connectivity index is 1.48. The summed E-state index contributed by atoms with van der Waals surface area (Å²) in [7, 11) is 4.15. The number of amides is 1. The van der Waals surface area contributed by atoms with Crippen molar-refractivity contribution in [1.29, 1.82) is 0 Å². The number of hydrogen-bond donors (Lipinski definition) is 5. The average Bonchev–Trinajstić information content (AvgIpc) is 3.07. The van der Waals surface area contributed by atoms with Crippen molar-refractivity contribution >= 4 is 17.8 Å². The van der Waals surface area contributed by atoms with Crippen molar-refractivity contribution < 1.29 is 39.9 Å². The van der Waals surface area contributed by atoms with Gasteiger partial charge < -0.3 is 40.1 Å². The number of aliphatic hydroxyl groups is 4. The number of allylic oxidation sites excluding steroid dienone is 1. The number of carbonyl (C=O) groups excluding carboxylic acids is 2. The Kier molecular flexibility index (Phi) is 13.0. The van der Waals surface area contributed by atoms with Crippen LogP contribution in [0, 0.1) is 17.8 Å². The number of hydrogen-bond acceptors (Lipinski definition) is 9. The molecular weight excluding hydrogens is 648 g/mol. The van der Waals surface area contributed by atoms with Crippen LogP contribution in [0.1, 0.15) is 106 Å². The molecule has 2 saturated heterocycles. The number of Topliss-reactive ketones (excluding diaryl/α,β-unsaturated/α-hetero) is 1. The number of aliphatic hydroxyl groups excluding tert-OH is 4. The third-order valence-electron chi connectivity index (χ3n) is 10.9. The average molecular weight is 709 g/mol. The normalized spacial score (nSPS) is 23.8. The van der Waals surface area contributed by atoms with Crippen LogP contribution in [0.4, 0.5) is 0 Å². The molecule has 2 fully saturated rings. The van der Waals surface area contributed by atoms with Gasteiger partial charge in [-0.15, -0.1) is 0 Å². The molecule has 10 heteroatoms. The Bertz CT molecular complexity index is 1570. The minimum atomic E-state index is -1.55. The van der Waals surface area contributed by atoms with Crippen LogP contribution in [0.5, 0.6) is 5.75 Å². The van der Waals surface area contributed by atoms with Crippen LogP contribution in [-0.2, 0) is 20.7 Å². The van der Waals surface area contributed by atoms with E-state index in [1.807, 2.05) is 77.7 Å². The summed E-state index contributed by atoms with van der Waals surface area (Å²) in [4.78, 5) is 31.2. The van der Waals surface area contributed by atoms with Crippen molar-refractivity contribution in [1.82, 2.24) is 9.80 Å². The minimum Gasteiger partial charge on any atom is -0.508 e. The molecule has 2 heterocycles. The predicted molar refractivity (Wildman–Crippen MR) is 198 cm³/mol. The number of phenolic OH excluding ortho intramolecular Hbond substituents is 1. The SMILES string of the molecule is Cc1cc(/C=C/C(C)(C)C(=O)CC(C)(C)C(=O)N2CCC(N(C)C)CC2)ccc1Cc1cc([C@@H]2O[C@H](CO)[C@H](O)[C@H](O)[C@@H]2O)c(O)cc1C(C)C. The van der Waals surface area contributed by atoms with E-state index in [0.717, 1.165) is 40.7 Å². The van der Waals surface area contributed by atoms with E-state index in [1.165, 1.54) is 0 Å². The molecule has 2 aliphatic rings. The van der Waals surface area contributed by atoms with Crippen molar-refractivity contribution in [2.45, 2.75) is 117 Å². The van der Waals surface area contributed by atoms with Crippen molar-refractivity contribution in [2.24, 2.45) is 10.8 Å². The molecule has 0 bridgehead atoms. The number of ketones is 1. The summed E-state index contributed by atoms with van der Waals surface area (Å²) in [5.74, 6) is 0.0251. The topological polar surface area (TPSA) is 151 Å². The third kappa shape index (κ3) is 9.28. The molecule has 0 saturated carbocycles. The number of aryl methyl sites for hydroxylation is 1. The first kappa shape index (κ1) is 40.6. The van der Waals surface area contributed by atoms with E-state index in [1.54, 1.807) is 12.1 Å². The molecule has 0 unspecified atom stereocenters. The van der Waals surface area contributed by atoms with Crippen LogP contribution in [0.15, 0.2) is 36.4 Å². The summed E-state index contributed by atoms with van der Waals surface area (Å²) in [6, 6.07) is 10.0. The molecule has 0 aromatic heterocycles. The van der Waals surface area contributed by atoms with Crippen LogP contribution in [0.3, 0.4) is 0 Å². The number of aromatic hydroxyl groups is 1. The number of likely N-dealkylation sites (tertiary alicyclic amines) is 1. The number of phenols is 1. The van der Waals surface area contributed by atoms with Crippen molar-refractivity contribution in [2.75, 3.05) is 33.8 Å². The predicted octanol–water partition coefficient (Wildman–Crippen LogP) is 4.51. The number of benzene rings is 2. The van der Waals surface area contributed by atoms with Gasteiger partial charge in [-0.3, -0.25) is 9.59 Å². The monoisotopic (exact) mass is 708 g/mol. The van der Waals surface area contributed by atoms with Gasteiger partial charge in [-0.1, -0.05) is 58.0 Å². The summed E-state index contributed by atoms with van der Waals surface area (Å²) >= 11 is 0. The molecule has 10 nitrogen and oxygen atoms in total. The summed E-state index contributed by atoms with van der Waals surface area (Å²) in [6.45, 7) is 14.5. The second-order valence-electron chi connectivity index (χ2n) is 16.4. The van der Waals surface area contributed by atoms with Gasteiger partial charge in [0.2, 0.25) is 5.91 Å². The molecule has 51 heavy (non-hydrogen) atoms. The van der Waals surface area contributed by atoms with E-state index in [0.29, 0.717) is 25.6 Å². The summed E-state index contributed by atoms with van der Waals surface area (Å²) in [5, 5.41) is 52.1. The van der Waals surface area contributed by atoms with E-state index < -0.39 is 48.0 Å². The molecule has 2 aliphatic heterocycles. The van der Waals surface area contributed by atoms with Gasteiger partial charge in [0.1, 0.15) is 42.1 Å². The second-order valence-corrected chi connectivity index (χ2v) is 16.4. The number of nitrogens with zero attached hydrogens (tertiary/aromatic N) is 2. The molecule has 5 N–H and O–H groups in total. The highest BCUT2D eigenvalue weighted by molar-refractivity contribution is 5.93. The first-order valence-electron chi connectivity index (χ1n) is 18.2. The molecule has 4 rings (SSSR count). The number of carbonyl (C=O) groups is 2. The lowest BCUT2D eigenvalue weighted by molar-refractivity contribution is -0.232. The van der Waals surface area contributed by atoms with E-state index in [-0.39, 0.29) is 35.3 Å². The van der Waals surface area contributed by atoms with E-state index >= 15 is 0 Å². The molecular formula is C41H60N2O8. The van der Waals surface area contributed by atoms with Crippen LogP contribution in [0.25, 0.3) is 6.08 Å². The largest absolute Gasteiger partial charge is 0.508 e. The van der Waals surface area contributed by atoms with E-state index in [4.69, 9.17) is 4.74 Å². The molecule has 5 atom stereocenters. The first-order chi connectivity index (χ1) is 23.8. The maximum atomic E-state index is 13.6. The van der Waals surface area contributed by atoms with Gasteiger partial charge in [0, 0.05) is 36.5 Å². The summed E-state index contributed by atoms with van der Waals surface area (Å²) in [5.41, 5.74) is 3.55. The van der Waals surface area contributed by atoms with Gasteiger partial charge in [-0.25, -0.2) is 0 Å². The third-order valence-corrected chi connectivity index (χ3v) is 10.9. The highest BCUT2D eigenvalue weighted by atomic mass is 16.5. The van der Waals surface area contributed by atoms with Gasteiger partial charge in [0.05, 0.1) is 12.0 Å². The molecule has 2 aromatic carbocycles. The molecule has 1 amide bonds. The Labute approximate surface area is 303 Å². The zero-order valence-electron chi connectivity index (χ0n) is 31.9. The van der Waals surface area contributed by atoms with Gasteiger partial charge >= 0.3 is 0 Å². The molecule has 282 valence electrons. The maximum absolute atomic E-state index is 13.6. The Morgan fingerprint density at radius 1 is 0.980 bits per heavy atom. The van der Waals surface area contributed by atoms with Gasteiger partial charge in [0.25, 0.3) is 0 Å². The van der Waals surface area contributed by atoms with Crippen LogP contribution in [0.2, 0.25) is 0 Å². The maximum Gasteiger partial charge on any atom is 0.228 e. The van der Waals surface area contributed by atoms with Crippen molar-refractivity contribution in [3.05, 3.63) is 69.8 Å². The van der Waals surface area contributed by atoms with Gasteiger partial charge in [-0.05, 0) is 100.0 Å². The zero-order chi connectivity index (χ0) is 38.0. The molecule has 0 spiro atoms.